The first-order chi connectivity index (χ1) is 13.9. The fourth-order valence-corrected chi connectivity index (χ4v) is 5.41. The number of aromatic nitrogens is 1. The van der Waals surface area contributed by atoms with E-state index in [-0.39, 0.29) is 23.9 Å². The predicted molar refractivity (Wildman–Crippen MR) is 110 cm³/mol. The molecule has 1 aliphatic rings. The van der Waals surface area contributed by atoms with Crippen LogP contribution < -0.4 is 0 Å². The van der Waals surface area contributed by atoms with E-state index in [2.05, 4.69) is 4.98 Å². The predicted octanol–water partition coefficient (Wildman–Crippen LogP) is 2.98. The van der Waals surface area contributed by atoms with E-state index in [1.54, 1.807) is 11.0 Å². The summed E-state index contributed by atoms with van der Waals surface area (Å²) in [5.74, 6) is -0.664. The van der Waals surface area contributed by atoms with E-state index in [4.69, 9.17) is 0 Å². The summed E-state index contributed by atoms with van der Waals surface area (Å²) in [6.45, 7) is 0.980. The van der Waals surface area contributed by atoms with E-state index in [1.807, 2.05) is 24.3 Å². The Hall–Kier alpha value is -2.62. The Labute approximate surface area is 171 Å². The zero-order valence-corrected chi connectivity index (χ0v) is 17.0. The van der Waals surface area contributed by atoms with Gasteiger partial charge in [0.1, 0.15) is 10.8 Å². The summed E-state index contributed by atoms with van der Waals surface area (Å²) in [4.78, 5) is 18.6. The third-order valence-corrected chi connectivity index (χ3v) is 7.60. The van der Waals surface area contributed by atoms with Gasteiger partial charge >= 0.3 is 0 Å². The lowest BCUT2D eigenvalue weighted by Crippen LogP contribution is -2.50. The number of halogens is 1. The molecule has 150 valence electrons. The fourth-order valence-electron chi connectivity index (χ4n) is 3.11. The molecule has 1 aromatic heterocycles. The van der Waals surface area contributed by atoms with Gasteiger partial charge in [-0.15, -0.1) is 11.3 Å². The summed E-state index contributed by atoms with van der Waals surface area (Å²) >= 11 is 1.51. The highest BCUT2D eigenvalue weighted by Crippen LogP contribution is 2.23. The quantitative estimate of drug-likeness (QED) is 0.596. The number of rotatable bonds is 4. The second-order valence-corrected chi connectivity index (χ2v) is 9.54. The van der Waals surface area contributed by atoms with Crippen LogP contribution in [0.1, 0.15) is 5.01 Å². The zero-order valence-electron chi connectivity index (χ0n) is 15.4. The van der Waals surface area contributed by atoms with E-state index in [0.717, 1.165) is 27.4 Å². The number of carbonyl (C=O) groups is 1. The lowest BCUT2D eigenvalue weighted by atomic mass is 10.3. The van der Waals surface area contributed by atoms with Crippen LogP contribution in [0.25, 0.3) is 16.3 Å². The van der Waals surface area contributed by atoms with Crippen LogP contribution in [0.3, 0.4) is 0 Å². The monoisotopic (exact) mass is 431 g/mol. The molecule has 1 fully saturated rings. The molecule has 0 unspecified atom stereocenters. The molecule has 0 spiro atoms. The molecule has 0 N–H and O–H groups in total. The van der Waals surface area contributed by atoms with Crippen molar-refractivity contribution in [1.29, 1.82) is 0 Å². The van der Waals surface area contributed by atoms with Gasteiger partial charge in [-0.05, 0) is 42.5 Å². The number of sulfonamides is 1. The summed E-state index contributed by atoms with van der Waals surface area (Å²) in [5.41, 5.74) is 0.893. The SMILES string of the molecule is O=C(/C=C/c1nc2ccccc2s1)N1CCN(S(=O)(=O)c2ccc(F)cc2)CC1. The first-order valence-electron chi connectivity index (χ1n) is 9.02. The van der Waals surface area contributed by atoms with Gasteiger partial charge in [0.05, 0.1) is 15.1 Å². The largest absolute Gasteiger partial charge is 0.337 e. The number of nitrogens with zero attached hydrogens (tertiary/aromatic N) is 3. The number of benzene rings is 2. The van der Waals surface area contributed by atoms with Crippen LogP contribution in [0.15, 0.2) is 59.5 Å². The van der Waals surface area contributed by atoms with E-state index < -0.39 is 15.8 Å². The molecule has 0 atom stereocenters. The van der Waals surface area contributed by atoms with Gasteiger partial charge in [-0.2, -0.15) is 4.31 Å². The summed E-state index contributed by atoms with van der Waals surface area (Å²) < 4.78 is 40.7. The van der Waals surface area contributed by atoms with Crippen LogP contribution in [-0.2, 0) is 14.8 Å². The molecule has 1 aliphatic heterocycles. The van der Waals surface area contributed by atoms with Crippen molar-refractivity contribution in [2.45, 2.75) is 4.90 Å². The molecule has 0 bridgehead atoms. The second kappa shape index (κ2) is 8.02. The van der Waals surface area contributed by atoms with Gasteiger partial charge in [-0.1, -0.05) is 12.1 Å². The molecule has 0 saturated carbocycles. The van der Waals surface area contributed by atoms with Crippen LogP contribution in [0, 0.1) is 5.82 Å². The molecule has 4 rings (SSSR count). The maximum Gasteiger partial charge on any atom is 0.246 e. The molecule has 1 saturated heterocycles. The Bertz CT molecular complexity index is 1130. The minimum atomic E-state index is -3.70. The van der Waals surface area contributed by atoms with Crippen molar-refractivity contribution in [2.24, 2.45) is 0 Å². The van der Waals surface area contributed by atoms with Crippen molar-refractivity contribution >= 4 is 43.6 Å². The molecular weight excluding hydrogens is 413 g/mol. The van der Waals surface area contributed by atoms with Crippen LogP contribution in [0.4, 0.5) is 4.39 Å². The Morgan fingerprint density at radius 2 is 1.72 bits per heavy atom. The van der Waals surface area contributed by atoms with Crippen LogP contribution >= 0.6 is 11.3 Å². The van der Waals surface area contributed by atoms with Gasteiger partial charge in [0.15, 0.2) is 0 Å². The molecule has 2 heterocycles. The van der Waals surface area contributed by atoms with E-state index in [0.29, 0.717) is 13.1 Å². The molecule has 3 aromatic rings. The van der Waals surface area contributed by atoms with Gasteiger partial charge in [-0.25, -0.2) is 17.8 Å². The Morgan fingerprint density at radius 1 is 1.03 bits per heavy atom. The maximum absolute atomic E-state index is 13.1. The normalized spacial score (nSPS) is 16.0. The van der Waals surface area contributed by atoms with Gasteiger partial charge in [-0.3, -0.25) is 4.79 Å². The van der Waals surface area contributed by atoms with Gasteiger partial charge in [0.25, 0.3) is 0 Å². The van der Waals surface area contributed by atoms with Gasteiger partial charge in [0, 0.05) is 32.3 Å². The minimum Gasteiger partial charge on any atom is -0.337 e. The number of thiazole rings is 1. The Balaban J connectivity index is 1.38. The fraction of sp³-hybridized carbons (Fsp3) is 0.200. The molecule has 0 aliphatic carbocycles. The molecule has 1 amide bonds. The zero-order chi connectivity index (χ0) is 20.4. The topological polar surface area (TPSA) is 70.6 Å². The molecule has 29 heavy (non-hydrogen) atoms. The molecule has 0 radical (unpaired) electrons. The highest BCUT2D eigenvalue weighted by molar-refractivity contribution is 7.89. The van der Waals surface area contributed by atoms with Crippen LogP contribution in [0.5, 0.6) is 0 Å². The van der Waals surface area contributed by atoms with Crippen molar-refractivity contribution in [3.8, 4) is 0 Å². The number of piperazine rings is 1. The summed E-state index contributed by atoms with van der Waals surface area (Å²) in [5, 5.41) is 0.747. The van der Waals surface area contributed by atoms with Crippen LogP contribution in [-0.4, -0.2) is 54.7 Å². The standard InChI is InChI=1S/C20H18FN3O3S2/c21-15-5-7-16(8-6-15)29(26,27)24-13-11-23(12-14-24)20(25)10-9-19-22-17-3-1-2-4-18(17)28-19/h1-10H,11-14H2/b10-9+. The van der Waals surface area contributed by atoms with Crippen LogP contribution in [0.2, 0.25) is 0 Å². The lowest BCUT2D eigenvalue weighted by molar-refractivity contribution is -0.127. The van der Waals surface area contributed by atoms with E-state index in [9.17, 15) is 17.6 Å². The highest BCUT2D eigenvalue weighted by Gasteiger charge is 2.29. The number of carbonyl (C=O) groups excluding carboxylic acids is 1. The smallest absolute Gasteiger partial charge is 0.246 e. The number of amides is 1. The average molecular weight is 432 g/mol. The van der Waals surface area contributed by atoms with E-state index >= 15 is 0 Å². The molecule has 6 nitrogen and oxygen atoms in total. The maximum atomic E-state index is 13.1. The first kappa shape index (κ1) is 19.7. The third-order valence-electron chi connectivity index (χ3n) is 4.68. The Morgan fingerprint density at radius 3 is 2.41 bits per heavy atom. The molecule has 2 aromatic carbocycles. The second-order valence-electron chi connectivity index (χ2n) is 6.54. The van der Waals surface area contributed by atoms with Gasteiger partial charge < -0.3 is 4.90 Å². The number of para-hydroxylation sites is 1. The van der Waals surface area contributed by atoms with Crippen molar-refractivity contribution in [2.75, 3.05) is 26.2 Å². The van der Waals surface area contributed by atoms with Crippen molar-refractivity contribution in [1.82, 2.24) is 14.2 Å². The number of fused-ring (bicyclic) bond motifs is 1. The summed E-state index contributed by atoms with van der Waals surface area (Å²) in [7, 11) is -3.70. The summed E-state index contributed by atoms with van der Waals surface area (Å²) in [6, 6.07) is 12.5. The minimum absolute atomic E-state index is 0.0504. The average Bonchev–Trinajstić information content (AvgIpc) is 3.15. The number of hydrogen-bond donors (Lipinski definition) is 0. The van der Waals surface area contributed by atoms with Crippen molar-refractivity contribution in [3.05, 3.63) is 65.4 Å². The first-order valence-corrected chi connectivity index (χ1v) is 11.3. The van der Waals surface area contributed by atoms with Crippen molar-refractivity contribution < 1.29 is 17.6 Å². The number of hydrogen-bond acceptors (Lipinski definition) is 5. The van der Waals surface area contributed by atoms with E-state index in [1.165, 1.54) is 33.9 Å². The Kier molecular flexibility index (Phi) is 5.44. The highest BCUT2D eigenvalue weighted by atomic mass is 32.2. The third kappa shape index (κ3) is 4.21. The summed E-state index contributed by atoms with van der Waals surface area (Å²) in [6.07, 6.45) is 3.16. The van der Waals surface area contributed by atoms with Crippen molar-refractivity contribution in [3.63, 3.8) is 0 Å². The lowest BCUT2D eigenvalue weighted by Gasteiger charge is -2.33. The molecular formula is C20H18FN3O3S2. The van der Waals surface area contributed by atoms with Gasteiger partial charge in [0.2, 0.25) is 15.9 Å². The molecule has 9 heteroatoms.